The molecule has 3 heterocycles. The highest BCUT2D eigenvalue weighted by atomic mass is 15.1. The van der Waals surface area contributed by atoms with Gasteiger partial charge in [-0.3, -0.25) is 4.40 Å². The molecule has 1 aliphatic rings. The Morgan fingerprint density at radius 2 is 2.05 bits per heavy atom. The summed E-state index contributed by atoms with van der Waals surface area (Å²) in [6, 6.07) is 5.66. The average Bonchev–Trinajstić information content (AvgIpc) is 2.85. The Balaban J connectivity index is 1.85. The zero-order chi connectivity index (χ0) is 14.9. The van der Waals surface area contributed by atoms with E-state index in [0.717, 1.165) is 17.0 Å². The molecule has 0 unspecified atom stereocenters. The normalized spacial score (nSPS) is 14.4. The molecule has 0 saturated heterocycles. The average molecular weight is 289 g/mol. The minimum atomic E-state index is 0.464. The van der Waals surface area contributed by atoms with E-state index in [0.29, 0.717) is 17.4 Å². The summed E-state index contributed by atoms with van der Waals surface area (Å²) in [5.41, 5.74) is 8.24. The fourth-order valence-electron chi connectivity index (χ4n) is 2.69. The first-order valence-corrected chi connectivity index (χ1v) is 7.38. The van der Waals surface area contributed by atoms with Crippen molar-refractivity contribution in [3.8, 4) is 11.8 Å². The fraction of sp³-hybridized carbons (Fsp3) is 0.235. The summed E-state index contributed by atoms with van der Waals surface area (Å²) in [7, 11) is 0. The summed E-state index contributed by atoms with van der Waals surface area (Å²) in [6.45, 7) is 0. The maximum atomic E-state index is 6.04. The van der Waals surface area contributed by atoms with Gasteiger partial charge in [-0.05, 0) is 36.8 Å². The molecule has 0 amide bonds. The van der Waals surface area contributed by atoms with Crippen LogP contribution in [0.1, 0.15) is 42.4 Å². The van der Waals surface area contributed by atoms with Gasteiger partial charge in [0.25, 0.3) is 0 Å². The van der Waals surface area contributed by atoms with E-state index in [1.165, 1.54) is 19.3 Å². The van der Waals surface area contributed by atoms with E-state index in [1.54, 1.807) is 12.4 Å². The van der Waals surface area contributed by atoms with E-state index in [2.05, 4.69) is 21.8 Å². The van der Waals surface area contributed by atoms with E-state index in [-0.39, 0.29) is 0 Å². The number of pyridine rings is 1. The molecule has 0 radical (unpaired) electrons. The van der Waals surface area contributed by atoms with Crippen LogP contribution in [-0.2, 0) is 0 Å². The van der Waals surface area contributed by atoms with Crippen LogP contribution in [0.5, 0.6) is 0 Å². The van der Waals surface area contributed by atoms with Crippen LogP contribution in [-0.4, -0.2) is 19.4 Å². The molecule has 0 bridgehead atoms. The Bertz CT molecular complexity index is 882. The second kappa shape index (κ2) is 5.15. The second-order valence-corrected chi connectivity index (χ2v) is 5.44. The topological polar surface area (TPSA) is 69.1 Å². The van der Waals surface area contributed by atoms with Gasteiger partial charge < -0.3 is 5.73 Å². The quantitative estimate of drug-likeness (QED) is 0.698. The fourth-order valence-corrected chi connectivity index (χ4v) is 2.69. The van der Waals surface area contributed by atoms with Crippen molar-refractivity contribution in [2.75, 3.05) is 5.73 Å². The molecule has 3 aromatic rings. The first-order chi connectivity index (χ1) is 10.8. The molecule has 0 atom stereocenters. The van der Waals surface area contributed by atoms with Crippen molar-refractivity contribution in [3.05, 3.63) is 54.0 Å². The summed E-state index contributed by atoms with van der Waals surface area (Å²) < 4.78 is 2.04. The molecular formula is C17H15N5. The van der Waals surface area contributed by atoms with Crippen LogP contribution >= 0.6 is 0 Å². The Morgan fingerprint density at radius 3 is 2.77 bits per heavy atom. The van der Waals surface area contributed by atoms with Crippen molar-refractivity contribution in [1.29, 1.82) is 0 Å². The molecule has 0 aliphatic heterocycles. The lowest BCUT2D eigenvalue weighted by Gasteiger charge is -2.23. The van der Waals surface area contributed by atoms with Gasteiger partial charge in [0, 0.05) is 24.5 Å². The van der Waals surface area contributed by atoms with Crippen LogP contribution in [0.25, 0.3) is 5.52 Å². The second-order valence-electron chi connectivity index (χ2n) is 5.44. The number of imidazole rings is 1. The largest absolute Gasteiger partial charge is 0.382 e. The molecule has 0 spiro atoms. The predicted octanol–water partition coefficient (Wildman–Crippen LogP) is 2.37. The zero-order valence-corrected chi connectivity index (χ0v) is 12.0. The number of rotatable bonds is 1. The molecule has 1 aliphatic carbocycles. The third kappa shape index (κ3) is 2.09. The zero-order valence-electron chi connectivity index (χ0n) is 12.0. The molecule has 108 valence electrons. The van der Waals surface area contributed by atoms with Gasteiger partial charge in [0.05, 0.1) is 0 Å². The van der Waals surface area contributed by atoms with E-state index in [4.69, 9.17) is 10.7 Å². The molecule has 4 rings (SSSR count). The molecular weight excluding hydrogens is 274 g/mol. The van der Waals surface area contributed by atoms with Gasteiger partial charge in [0.2, 0.25) is 0 Å². The van der Waals surface area contributed by atoms with E-state index in [9.17, 15) is 0 Å². The number of nitrogen functional groups attached to an aromatic ring is 1. The van der Waals surface area contributed by atoms with Gasteiger partial charge in [-0.25, -0.2) is 15.0 Å². The van der Waals surface area contributed by atoms with Crippen molar-refractivity contribution in [1.82, 2.24) is 19.4 Å². The minimum Gasteiger partial charge on any atom is -0.382 e. The summed E-state index contributed by atoms with van der Waals surface area (Å²) in [6.07, 6.45) is 8.96. The molecule has 5 nitrogen and oxygen atoms in total. The van der Waals surface area contributed by atoms with Gasteiger partial charge in [-0.15, -0.1) is 0 Å². The van der Waals surface area contributed by atoms with Crippen molar-refractivity contribution in [3.63, 3.8) is 0 Å². The summed E-state index contributed by atoms with van der Waals surface area (Å²) in [5, 5.41) is 0. The molecule has 2 N–H and O–H groups in total. The van der Waals surface area contributed by atoms with Crippen LogP contribution in [0.4, 0.5) is 5.82 Å². The highest BCUT2D eigenvalue weighted by molar-refractivity contribution is 5.73. The Morgan fingerprint density at radius 1 is 1.14 bits per heavy atom. The minimum absolute atomic E-state index is 0.464. The third-order valence-electron chi connectivity index (χ3n) is 4.05. The van der Waals surface area contributed by atoms with Crippen LogP contribution in [0.15, 0.2) is 36.8 Å². The lowest BCUT2D eigenvalue weighted by atomic mass is 9.85. The number of anilines is 1. The van der Waals surface area contributed by atoms with Crippen molar-refractivity contribution in [2.24, 2.45) is 0 Å². The van der Waals surface area contributed by atoms with E-state index in [1.807, 2.05) is 28.8 Å². The van der Waals surface area contributed by atoms with Gasteiger partial charge in [0.1, 0.15) is 22.7 Å². The Hall–Kier alpha value is -2.87. The molecule has 1 saturated carbocycles. The molecule has 1 fully saturated rings. The Labute approximate surface area is 128 Å². The van der Waals surface area contributed by atoms with E-state index >= 15 is 0 Å². The number of aromatic nitrogens is 4. The predicted molar refractivity (Wildman–Crippen MR) is 84.2 cm³/mol. The van der Waals surface area contributed by atoms with Gasteiger partial charge in [0.15, 0.2) is 5.82 Å². The van der Waals surface area contributed by atoms with Crippen molar-refractivity contribution >= 4 is 11.3 Å². The first-order valence-electron chi connectivity index (χ1n) is 7.38. The maximum Gasteiger partial charge on any atom is 0.150 e. The molecule has 22 heavy (non-hydrogen) atoms. The van der Waals surface area contributed by atoms with Crippen molar-refractivity contribution < 1.29 is 0 Å². The number of fused-ring (bicyclic) bond motifs is 1. The standard InChI is InChI=1S/C17H15N5/c18-16-15-14(8-7-13-6-1-2-9-19-13)21-17(12-4-3-5-12)22(15)11-10-20-16/h1-2,6,9-12H,3-5H2,(H2,18,20). The van der Waals surface area contributed by atoms with Crippen LogP contribution in [0, 0.1) is 11.8 Å². The molecule has 5 heteroatoms. The van der Waals surface area contributed by atoms with Crippen LogP contribution in [0.2, 0.25) is 0 Å². The highest BCUT2D eigenvalue weighted by Gasteiger charge is 2.25. The number of nitrogens with two attached hydrogens (primary N) is 1. The summed E-state index contributed by atoms with van der Waals surface area (Å²) in [5.74, 6) is 8.16. The van der Waals surface area contributed by atoms with Gasteiger partial charge >= 0.3 is 0 Å². The highest BCUT2D eigenvalue weighted by Crippen LogP contribution is 2.36. The maximum absolute atomic E-state index is 6.04. The van der Waals surface area contributed by atoms with Gasteiger partial charge in [-0.1, -0.05) is 12.5 Å². The lowest BCUT2D eigenvalue weighted by Crippen LogP contribution is -2.12. The van der Waals surface area contributed by atoms with Crippen molar-refractivity contribution in [2.45, 2.75) is 25.2 Å². The molecule has 0 aromatic carbocycles. The molecule has 3 aromatic heterocycles. The third-order valence-corrected chi connectivity index (χ3v) is 4.05. The van der Waals surface area contributed by atoms with Crippen LogP contribution < -0.4 is 5.73 Å². The SMILES string of the molecule is Nc1nccn2c(C3CCC3)nc(C#Cc3ccccn3)c12. The lowest BCUT2D eigenvalue weighted by molar-refractivity contribution is 0.400. The number of nitrogens with zero attached hydrogens (tertiary/aromatic N) is 4. The monoisotopic (exact) mass is 289 g/mol. The summed E-state index contributed by atoms with van der Waals surface area (Å²) >= 11 is 0. The summed E-state index contributed by atoms with van der Waals surface area (Å²) in [4.78, 5) is 13.1. The van der Waals surface area contributed by atoms with Gasteiger partial charge in [-0.2, -0.15) is 0 Å². The van der Waals surface area contributed by atoms with E-state index < -0.39 is 0 Å². The number of hydrogen-bond acceptors (Lipinski definition) is 4. The smallest absolute Gasteiger partial charge is 0.150 e. The number of hydrogen-bond donors (Lipinski definition) is 1. The Kier molecular flexibility index (Phi) is 3.01. The first kappa shape index (κ1) is 12.8. The van der Waals surface area contributed by atoms with Crippen LogP contribution in [0.3, 0.4) is 0 Å².